The summed E-state index contributed by atoms with van der Waals surface area (Å²) in [7, 11) is 0. The van der Waals surface area contributed by atoms with Crippen molar-refractivity contribution in [2.24, 2.45) is 0 Å². The summed E-state index contributed by atoms with van der Waals surface area (Å²) >= 11 is 0. The third kappa shape index (κ3) is 12.2. The molecule has 0 aromatic heterocycles. The van der Waals surface area contributed by atoms with Gasteiger partial charge in [-0.1, -0.05) is 30.3 Å². The number of hydrogen-bond acceptors (Lipinski definition) is 7. The van der Waals surface area contributed by atoms with Crippen LogP contribution in [0.15, 0.2) is 91.0 Å². The smallest absolute Gasteiger partial charge is 0.419 e. The molecular formula is C41H32F10N2O8. The third-order valence-electron chi connectivity index (χ3n) is 7.92. The van der Waals surface area contributed by atoms with E-state index in [1.54, 1.807) is 30.3 Å². The normalized spacial score (nSPS) is 11.1. The number of anilines is 2. The van der Waals surface area contributed by atoms with E-state index >= 15 is 0 Å². The summed E-state index contributed by atoms with van der Waals surface area (Å²) in [6.45, 7) is 2.74. The zero-order chi connectivity index (χ0) is 45.2. The van der Waals surface area contributed by atoms with Gasteiger partial charge in [-0.25, -0.2) is 27.2 Å². The van der Waals surface area contributed by atoms with Crippen LogP contribution in [0, 0.1) is 23.3 Å². The van der Waals surface area contributed by atoms with Crippen LogP contribution in [-0.2, 0) is 23.7 Å². The number of hydrogen-bond donors (Lipinski definition) is 3. The van der Waals surface area contributed by atoms with Gasteiger partial charge in [-0.15, -0.1) is 0 Å². The highest BCUT2D eigenvalue weighted by atomic mass is 19.4. The molecule has 5 rings (SSSR count). The topological polar surface area (TPSA) is 140 Å². The second-order valence-corrected chi connectivity index (χ2v) is 12.2. The number of carbonyl (C=O) groups excluding carboxylic acids is 3. The summed E-state index contributed by atoms with van der Waals surface area (Å²) in [5.41, 5.74) is -5.63. The number of alkyl halides is 6. The molecule has 0 radical (unpaired) electrons. The van der Waals surface area contributed by atoms with Crippen LogP contribution in [0.4, 0.5) is 55.3 Å². The number of carboxylic acids is 1. The Kier molecular flexibility index (Phi) is 15.1. The summed E-state index contributed by atoms with van der Waals surface area (Å²) in [5.74, 6) is -11.7. The maximum absolute atomic E-state index is 14.4. The molecule has 0 aliphatic carbocycles. The van der Waals surface area contributed by atoms with Gasteiger partial charge in [-0.05, 0) is 80.1 Å². The number of esters is 1. The molecule has 0 saturated carbocycles. The predicted octanol–water partition coefficient (Wildman–Crippen LogP) is 10.6. The highest BCUT2D eigenvalue weighted by molar-refractivity contribution is 6.05. The average Bonchev–Trinajstić information content (AvgIpc) is 3.16. The van der Waals surface area contributed by atoms with Crippen molar-refractivity contribution in [1.29, 1.82) is 0 Å². The van der Waals surface area contributed by atoms with Crippen LogP contribution < -0.4 is 20.1 Å². The minimum absolute atomic E-state index is 0. The van der Waals surface area contributed by atoms with Gasteiger partial charge >= 0.3 is 24.3 Å². The minimum Gasteiger partial charge on any atom is -0.493 e. The number of halogens is 10. The number of benzene rings is 5. The van der Waals surface area contributed by atoms with Gasteiger partial charge < -0.3 is 30.0 Å². The average molecular weight is 871 g/mol. The van der Waals surface area contributed by atoms with Gasteiger partial charge in [-0.3, -0.25) is 9.59 Å². The highest BCUT2D eigenvalue weighted by Crippen LogP contribution is 2.38. The van der Waals surface area contributed by atoms with Crippen molar-refractivity contribution in [1.82, 2.24) is 0 Å². The van der Waals surface area contributed by atoms with E-state index in [1.165, 1.54) is 13.8 Å². The highest BCUT2D eigenvalue weighted by Gasteiger charge is 2.36. The van der Waals surface area contributed by atoms with Crippen LogP contribution in [0.25, 0.3) is 0 Å². The first-order valence-electron chi connectivity index (χ1n) is 17.4. The third-order valence-corrected chi connectivity index (χ3v) is 7.92. The van der Waals surface area contributed by atoms with Crippen molar-refractivity contribution in [3.8, 4) is 11.5 Å². The Morgan fingerprint density at radius 2 is 0.984 bits per heavy atom. The largest absolute Gasteiger partial charge is 0.493 e. The summed E-state index contributed by atoms with van der Waals surface area (Å²) in [6, 6.07) is 16.1. The number of carbonyl (C=O) groups is 4. The lowest BCUT2D eigenvalue weighted by atomic mass is 10.1. The lowest BCUT2D eigenvalue weighted by molar-refractivity contribution is -0.139. The molecule has 3 N–H and O–H groups in total. The summed E-state index contributed by atoms with van der Waals surface area (Å²) < 4.78 is 150. The zero-order valence-corrected chi connectivity index (χ0v) is 31.4. The van der Waals surface area contributed by atoms with Gasteiger partial charge in [0, 0.05) is 23.9 Å². The molecule has 5 aromatic rings. The van der Waals surface area contributed by atoms with Gasteiger partial charge in [0.2, 0.25) is 0 Å². The first kappa shape index (κ1) is 46.6. The second-order valence-electron chi connectivity index (χ2n) is 12.2. The Morgan fingerprint density at radius 1 is 0.590 bits per heavy atom. The molecule has 0 aliphatic heterocycles. The molecule has 0 atom stereocenters. The van der Waals surface area contributed by atoms with E-state index < -0.39 is 116 Å². The van der Waals surface area contributed by atoms with E-state index in [9.17, 15) is 63.1 Å². The van der Waals surface area contributed by atoms with E-state index in [4.69, 9.17) is 19.3 Å². The van der Waals surface area contributed by atoms with Crippen molar-refractivity contribution in [3.05, 3.63) is 153 Å². The lowest BCUT2D eigenvalue weighted by Gasteiger charge is -2.15. The number of aromatic carboxylic acids is 1. The molecule has 0 aliphatic rings. The predicted molar refractivity (Wildman–Crippen MR) is 198 cm³/mol. The first-order chi connectivity index (χ1) is 28.6. The molecule has 61 heavy (non-hydrogen) atoms. The molecule has 0 bridgehead atoms. The van der Waals surface area contributed by atoms with Gasteiger partial charge in [0.25, 0.3) is 11.8 Å². The fourth-order valence-electron chi connectivity index (χ4n) is 5.24. The van der Waals surface area contributed by atoms with Crippen LogP contribution >= 0.6 is 0 Å². The lowest BCUT2D eigenvalue weighted by Crippen LogP contribution is -2.16. The molecule has 10 nitrogen and oxygen atoms in total. The van der Waals surface area contributed by atoms with E-state index in [0.717, 1.165) is 24.3 Å². The second kappa shape index (κ2) is 19.8. The van der Waals surface area contributed by atoms with Crippen LogP contribution in [0.3, 0.4) is 0 Å². The van der Waals surface area contributed by atoms with Crippen LogP contribution in [0.1, 0.15) is 73.4 Å². The van der Waals surface area contributed by atoms with E-state index in [-0.39, 0.29) is 21.2 Å². The maximum atomic E-state index is 14.4. The Hall–Kier alpha value is -7.12. The SMILES string of the molecule is CCOc1ccc(C(=O)Nc2cc(F)c(C(=O)O)c(F)c2)cc1C(F)(F)F.CCOc1ccc(C(=O)Nc2cc(F)c(C(=O)OCc3ccccc3)c(F)c2)cc1C(F)(F)F.[HH]. The molecule has 2 amide bonds. The van der Waals surface area contributed by atoms with Crippen molar-refractivity contribution >= 4 is 35.1 Å². The minimum atomic E-state index is -4.79. The van der Waals surface area contributed by atoms with Gasteiger partial charge in [0.05, 0.1) is 24.3 Å². The zero-order valence-electron chi connectivity index (χ0n) is 31.4. The van der Waals surface area contributed by atoms with Crippen LogP contribution in [-0.4, -0.2) is 42.1 Å². The number of ether oxygens (including phenoxy) is 3. The number of rotatable bonds is 12. The Labute approximate surface area is 340 Å². The van der Waals surface area contributed by atoms with E-state index in [2.05, 4.69) is 5.32 Å². The summed E-state index contributed by atoms with van der Waals surface area (Å²) in [4.78, 5) is 47.4. The van der Waals surface area contributed by atoms with Crippen molar-refractivity contribution in [2.75, 3.05) is 23.8 Å². The Balaban J connectivity index is 0.000000334. The molecule has 20 heteroatoms. The van der Waals surface area contributed by atoms with Gasteiger partial charge in [0.1, 0.15) is 52.5 Å². The van der Waals surface area contributed by atoms with Crippen molar-refractivity contribution in [2.45, 2.75) is 32.8 Å². The molecule has 0 unspecified atom stereocenters. The quantitative estimate of drug-likeness (QED) is 0.0832. The molecule has 0 spiro atoms. The van der Waals surface area contributed by atoms with Gasteiger partial charge in [-0.2, -0.15) is 26.3 Å². The number of carboxylic acid groups (broad SMARTS) is 1. The van der Waals surface area contributed by atoms with Crippen LogP contribution in [0.5, 0.6) is 11.5 Å². The molecule has 324 valence electrons. The van der Waals surface area contributed by atoms with Crippen molar-refractivity contribution in [3.63, 3.8) is 0 Å². The standard InChI is InChI=1S/C24H18F5NO4.C17H12F5NO4.H2/c1-2-33-20-9-8-15(10-17(20)24(27,28)29)22(31)30-16-11-18(25)21(19(26)12-16)23(32)34-13-14-6-4-3-5-7-14;1-2-27-13-4-3-8(5-10(13)17(20,21)22)15(24)23-9-6-11(18)14(16(25)26)12(19)7-9;/h3-12H,2,13H2,1H3,(H,30,31);3-7H,2H2,1H3,(H,23,24)(H,25,26);1H. The number of nitrogens with one attached hydrogen (secondary N) is 2. The fourth-order valence-corrected chi connectivity index (χ4v) is 5.24. The first-order valence-corrected chi connectivity index (χ1v) is 17.4. The van der Waals surface area contributed by atoms with E-state index in [0.29, 0.717) is 42.0 Å². The summed E-state index contributed by atoms with van der Waals surface area (Å²) in [5, 5.41) is 12.8. The Bertz CT molecular complexity index is 2380. The van der Waals surface area contributed by atoms with Crippen molar-refractivity contribution < 1.29 is 83.8 Å². The maximum Gasteiger partial charge on any atom is 0.419 e. The molecule has 0 heterocycles. The van der Waals surface area contributed by atoms with E-state index in [1.807, 2.05) is 5.32 Å². The molecular weight excluding hydrogens is 838 g/mol. The fraction of sp³-hybridized carbons (Fsp3) is 0.171. The molecule has 0 fully saturated rings. The molecule has 5 aromatic carbocycles. The van der Waals surface area contributed by atoms with Crippen LogP contribution in [0.2, 0.25) is 0 Å². The monoisotopic (exact) mass is 870 g/mol. The Morgan fingerprint density at radius 3 is 1.34 bits per heavy atom. The van der Waals surface area contributed by atoms with Gasteiger partial charge in [0.15, 0.2) is 0 Å². The summed E-state index contributed by atoms with van der Waals surface area (Å²) in [6.07, 6.45) is -9.58. The molecule has 0 saturated heterocycles. The number of amides is 2.